The minimum Gasteiger partial charge on any atom is -0.461 e. The number of benzene rings is 1. The maximum atomic E-state index is 10.7. The van der Waals surface area contributed by atoms with Crippen LogP contribution in [0.1, 0.15) is 36.6 Å². The molecule has 0 aliphatic rings. The van der Waals surface area contributed by atoms with Crippen molar-refractivity contribution in [3.8, 4) is 0 Å². The second-order valence-electron chi connectivity index (χ2n) is 4.95. The van der Waals surface area contributed by atoms with Gasteiger partial charge in [-0.3, -0.25) is 0 Å². The number of para-hydroxylation sites is 1. The summed E-state index contributed by atoms with van der Waals surface area (Å²) in [5.74, 6) is 1.41. The number of rotatable bonds is 4. The molecule has 4 nitrogen and oxygen atoms in total. The Morgan fingerprint density at radius 3 is 2.95 bits per heavy atom. The van der Waals surface area contributed by atoms with Crippen molar-refractivity contribution in [3.63, 3.8) is 0 Å². The summed E-state index contributed by atoms with van der Waals surface area (Å²) in [6.45, 7) is 4.83. The fourth-order valence-corrected chi connectivity index (χ4v) is 2.65. The monoisotopic (exact) mass is 270 g/mol. The minimum atomic E-state index is -0.764. The van der Waals surface area contributed by atoms with Gasteiger partial charge in [0, 0.05) is 29.9 Å². The van der Waals surface area contributed by atoms with Gasteiger partial charge in [-0.2, -0.15) is 0 Å². The van der Waals surface area contributed by atoms with Gasteiger partial charge >= 0.3 is 0 Å². The molecule has 20 heavy (non-hydrogen) atoms. The Bertz CT molecular complexity index is 727. The first-order valence-corrected chi connectivity index (χ1v) is 6.89. The van der Waals surface area contributed by atoms with Gasteiger partial charge in [0.15, 0.2) is 0 Å². The molecule has 0 bridgehead atoms. The van der Waals surface area contributed by atoms with E-state index in [2.05, 4.69) is 11.9 Å². The Morgan fingerprint density at radius 1 is 1.35 bits per heavy atom. The molecule has 0 amide bonds. The zero-order valence-electron chi connectivity index (χ0n) is 11.7. The van der Waals surface area contributed by atoms with Crippen molar-refractivity contribution in [2.45, 2.75) is 32.9 Å². The third kappa shape index (κ3) is 2.02. The van der Waals surface area contributed by atoms with Crippen molar-refractivity contribution in [2.75, 3.05) is 0 Å². The van der Waals surface area contributed by atoms with E-state index in [4.69, 9.17) is 4.42 Å². The highest BCUT2D eigenvalue weighted by Gasteiger charge is 2.23. The highest BCUT2D eigenvalue weighted by atomic mass is 16.3. The molecule has 1 aromatic carbocycles. The van der Waals surface area contributed by atoms with Crippen LogP contribution in [0.2, 0.25) is 0 Å². The number of aromatic nitrogens is 2. The smallest absolute Gasteiger partial charge is 0.142 e. The van der Waals surface area contributed by atoms with Crippen LogP contribution >= 0.6 is 0 Å². The second-order valence-corrected chi connectivity index (χ2v) is 4.95. The molecule has 1 unspecified atom stereocenters. The van der Waals surface area contributed by atoms with Crippen LogP contribution in [0, 0.1) is 6.92 Å². The van der Waals surface area contributed by atoms with Gasteiger partial charge in [0.1, 0.15) is 23.3 Å². The highest BCUT2D eigenvalue weighted by molar-refractivity contribution is 5.82. The quantitative estimate of drug-likeness (QED) is 0.790. The molecule has 0 fully saturated rings. The third-order valence-corrected chi connectivity index (χ3v) is 3.55. The van der Waals surface area contributed by atoms with Crippen molar-refractivity contribution in [1.29, 1.82) is 0 Å². The van der Waals surface area contributed by atoms with Crippen LogP contribution in [-0.4, -0.2) is 14.7 Å². The number of imidazole rings is 1. The number of fused-ring (bicyclic) bond motifs is 1. The molecule has 3 aromatic rings. The average molecular weight is 270 g/mol. The predicted octanol–water partition coefficient (Wildman–Crippen LogP) is 3.43. The molecule has 4 heteroatoms. The largest absolute Gasteiger partial charge is 0.461 e. The van der Waals surface area contributed by atoms with Crippen molar-refractivity contribution in [2.24, 2.45) is 0 Å². The average Bonchev–Trinajstić information content (AvgIpc) is 3.02. The van der Waals surface area contributed by atoms with Crippen molar-refractivity contribution in [3.05, 3.63) is 53.8 Å². The van der Waals surface area contributed by atoms with E-state index in [0.717, 1.165) is 35.3 Å². The van der Waals surface area contributed by atoms with E-state index >= 15 is 0 Å². The first-order chi connectivity index (χ1) is 9.72. The molecule has 1 N–H and O–H groups in total. The zero-order valence-corrected chi connectivity index (χ0v) is 11.7. The highest BCUT2D eigenvalue weighted by Crippen LogP contribution is 2.33. The van der Waals surface area contributed by atoms with Crippen LogP contribution in [0.3, 0.4) is 0 Å². The first-order valence-electron chi connectivity index (χ1n) is 6.89. The Balaban J connectivity index is 2.10. The Morgan fingerprint density at radius 2 is 2.15 bits per heavy atom. The van der Waals surface area contributed by atoms with Gasteiger partial charge in [-0.25, -0.2) is 4.98 Å². The molecule has 0 radical (unpaired) electrons. The molecule has 3 rings (SSSR count). The van der Waals surface area contributed by atoms with Crippen molar-refractivity contribution < 1.29 is 9.52 Å². The Kier molecular flexibility index (Phi) is 3.32. The third-order valence-electron chi connectivity index (χ3n) is 3.55. The fourth-order valence-electron chi connectivity index (χ4n) is 2.65. The number of hydrogen-bond donors (Lipinski definition) is 1. The molecule has 1 atom stereocenters. The van der Waals surface area contributed by atoms with Gasteiger partial charge in [0.2, 0.25) is 0 Å². The number of aryl methyl sites for hydroxylation is 2. The summed E-state index contributed by atoms with van der Waals surface area (Å²) in [6, 6.07) is 7.76. The summed E-state index contributed by atoms with van der Waals surface area (Å²) in [5, 5.41) is 11.7. The molecule has 0 aliphatic heterocycles. The van der Waals surface area contributed by atoms with E-state index in [0.29, 0.717) is 5.82 Å². The summed E-state index contributed by atoms with van der Waals surface area (Å²) in [4.78, 5) is 4.31. The van der Waals surface area contributed by atoms with E-state index in [-0.39, 0.29) is 0 Å². The number of furan rings is 1. The van der Waals surface area contributed by atoms with Crippen molar-refractivity contribution in [1.82, 2.24) is 9.55 Å². The number of aliphatic hydroxyl groups excluding tert-OH is 1. The maximum Gasteiger partial charge on any atom is 0.142 e. The maximum absolute atomic E-state index is 10.7. The summed E-state index contributed by atoms with van der Waals surface area (Å²) >= 11 is 0. The van der Waals surface area contributed by atoms with Gasteiger partial charge in [0.25, 0.3) is 0 Å². The summed E-state index contributed by atoms with van der Waals surface area (Å²) in [6.07, 6.45) is 3.87. The summed E-state index contributed by atoms with van der Waals surface area (Å²) in [7, 11) is 0. The number of hydrogen-bond acceptors (Lipinski definition) is 3. The van der Waals surface area contributed by atoms with Crippen LogP contribution in [0.25, 0.3) is 11.0 Å². The second kappa shape index (κ2) is 5.13. The molecule has 0 saturated heterocycles. The standard InChI is InChI=1S/C16H18N2O2/c1-3-9-18-10-8-17-16(18)15(19)14-11(2)20-13-7-5-4-6-12(13)14/h4-8,10,15,19H,3,9H2,1-2H3. The SMILES string of the molecule is CCCn1ccnc1C(O)c1c(C)oc2ccccc12. The van der Waals surface area contributed by atoms with Crippen LogP contribution in [0.15, 0.2) is 41.1 Å². The van der Waals surface area contributed by atoms with Crippen LogP contribution in [0.4, 0.5) is 0 Å². The van der Waals surface area contributed by atoms with Crippen LogP contribution in [0.5, 0.6) is 0 Å². The lowest BCUT2D eigenvalue weighted by Crippen LogP contribution is -2.10. The fraction of sp³-hybridized carbons (Fsp3) is 0.312. The number of nitrogens with zero attached hydrogens (tertiary/aromatic N) is 2. The first kappa shape index (κ1) is 12.9. The molecule has 2 aromatic heterocycles. The Labute approximate surface area is 117 Å². The molecular formula is C16H18N2O2. The normalized spacial score (nSPS) is 12.9. The number of aliphatic hydroxyl groups is 1. The van der Waals surface area contributed by atoms with Crippen molar-refractivity contribution >= 4 is 11.0 Å². The van der Waals surface area contributed by atoms with E-state index < -0.39 is 6.10 Å². The zero-order chi connectivity index (χ0) is 14.1. The van der Waals surface area contributed by atoms with Crippen LogP contribution < -0.4 is 0 Å². The Hall–Kier alpha value is -2.07. The van der Waals surface area contributed by atoms with E-state index in [1.807, 2.05) is 42.0 Å². The van der Waals surface area contributed by atoms with E-state index in [9.17, 15) is 5.11 Å². The minimum absolute atomic E-state index is 0.668. The molecule has 2 heterocycles. The van der Waals surface area contributed by atoms with Crippen LogP contribution in [-0.2, 0) is 6.54 Å². The molecule has 104 valence electrons. The van der Waals surface area contributed by atoms with Gasteiger partial charge in [-0.15, -0.1) is 0 Å². The lowest BCUT2D eigenvalue weighted by atomic mass is 10.0. The predicted molar refractivity (Wildman–Crippen MR) is 77.5 cm³/mol. The van der Waals surface area contributed by atoms with E-state index in [1.54, 1.807) is 6.20 Å². The van der Waals surface area contributed by atoms with E-state index in [1.165, 1.54) is 0 Å². The van der Waals surface area contributed by atoms with Gasteiger partial charge in [0.05, 0.1) is 0 Å². The molecule has 0 spiro atoms. The van der Waals surface area contributed by atoms with Gasteiger partial charge in [-0.05, 0) is 19.4 Å². The van der Waals surface area contributed by atoms with Gasteiger partial charge in [-0.1, -0.05) is 25.1 Å². The molecule has 0 saturated carbocycles. The molecular weight excluding hydrogens is 252 g/mol. The lowest BCUT2D eigenvalue weighted by Gasteiger charge is -2.12. The molecule has 0 aliphatic carbocycles. The summed E-state index contributed by atoms with van der Waals surface area (Å²) in [5.41, 5.74) is 1.61. The lowest BCUT2D eigenvalue weighted by molar-refractivity contribution is 0.203. The summed E-state index contributed by atoms with van der Waals surface area (Å²) < 4.78 is 7.71. The topological polar surface area (TPSA) is 51.2 Å². The van der Waals surface area contributed by atoms with Gasteiger partial charge < -0.3 is 14.1 Å².